The van der Waals surface area contributed by atoms with Crippen molar-refractivity contribution in [1.82, 2.24) is 24.8 Å². The van der Waals surface area contributed by atoms with Crippen molar-refractivity contribution in [3.05, 3.63) is 71.8 Å². The average molecular weight is 354 g/mol. The van der Waals surface area contributed by atoms with Crippen LogP contribution in [0.2, 0.25) is 5.02 Å². The molecule has 0 spiro atoms. The van der Waals surface area contributed by atoms with Crippen LogP contribution in [-0.4, -0.2) is 32.0 Å². The molecule has 2 aromatic heterocycles. The van der Waals surface area contributed by atoms with E-state index in [0.717, 1.165) is 5.56 Å². The molecule has 3 aromatic rings. The maximum absolute atomic E-state index is 11.9. The Hall–Kier alpha value is -2.99. The Labute approximate surface area is 150 Å². The third-order valence-corrected chi connectivity index (χ3v) is 3.80. The maximum atomic E-state index is 11.9. The number of nitrogens with zero attached hydrogens (tertiary/aromatic N) is 4. The van der Waals surface area contributed by atoms with Gasteiger partial charge in [-0.25, -0.2) is 15.0 Å². The largest absolute Gasteiger partial charge is 0.351 e. The van der Waals surface area contributed by atoms with Crippen LogP contribution in [0.5, 0.6) is 0 Å². The number of aromatic nitrogens is 4. The highest BCUT2D eigenvalue weighted by Gasteiger charge is 2.08. The molecule has 0 aliphatic heterocycles. The van der Waals surface area contributed by atoms with E-state index in [9.17, 15) is 4.79 Å². The van der Waals surface area contributed by atoms with Crippen LogP contribution < -0.4 is 5.32 Å². The summed E-state index contributed by atoms with van der Waals surface area (Å²) in [6.45, 7) is 1.03. The number of halogens is 1. The summed E-state index contributed by atoms with van der Waals surface area (Å²) in [7, 11) is 0. The second-order valence-corrected chi connectivity index (χ2v) is 5.57. The van der Waals surface area contributed by atoms with Gasteiger partial charge in [0, 0.05) is 49.0 Å². The van der Waals surface area contributed by atoms with E-state index < -0.39 is 0 Å². The number of hydrogen-bond donors (Lipinski definition) is 1. The molecule has 25 heavy (non-hydrogen) atoms. The number of amides is 1. The van der Waals surface area contributed by atoms with E-state index in [1.54, 1.807) is 36.8 Å². The van der Waals surface area contributed by atoms with Crippen molar-refractivity contribution in [3.8, 4) is 11.6 Å². The molecular formula is C18H16ClN5O. The SMILES string of the molecule is O=C(/C=C/c1ccccc1Cl)NCCn1ccnc1-c1ncccn1. The third kappa shape index (κ3) is 4.51. The monoisotopic (exact) mass is 353 g/mol. The Morgan fingerprint density at radius 1 is 1.12 bits per heavy atom. The molecule has 1 N–H and O–H groups in total. The van der Waals surface area contributed by atoms with E-state index in [1.807, 2.05) is 29.0 Å². The standard InChI is InChI=1S/C18H16ClN5O/c19-15-5-2-1-4-14(15)6-7-16(25)20-10-12-24-13-11-23-18(24)17-21-8-3-9-22-17/h1-9,11,13H,10,12H2,(H,20,25)/b7-6+. The van der Waals surface area contributed by atoms with Crippen molar-refractivity contribution in [3.63, 3.8) is 0 Å². The van der Waals surface area contributed by atoms with Gasteiger partial charge in [-0.3, -0.25) is 4.79 Å². The lowest BCUT2D eigenvalue weighted by Crippen LogP contribution is -2.25. The number of carbonyl (C=O) groups is 1. The molecule has 0 aliphatic rings. The number of hydrogen-bond acceptors (Lipinski definition) is 4. The molecule has 1 amide bonds. The van der Waals surface area contributed by atoms with E-state index in [1.165, 1.54) is 6.08 Å². The van der Waals surface area contributed by atoms with E-state index in [-0.39, 0.29) is 5.91 Å². The Balaban J connectivity index is 1.55. The summed E-state index contributed by atoms with van der Waals surface area (Å²) in [5, 5.41) is 3.44. The summed E-state index contributed by atoms with van der Waals surface area (Å²) in [6, 6.07) is 9.10. The zero-order chi connectivity index (χ0) is 17.5. The summed E-state index contributed by atoms with van der Waals surface area (Å²) in [6.07, 6.45) is 10.0. The van der Waals surface area contributed by atoms with Crippen LogP contribution in [-0.2, 0) is 11.3 Å². The summed E-state index contributed by atoms with van der Waals surface area (Å²) in [5.41, 5.74) is 0.803. The van der Waals surface area contributed by atoms with Gasteiger partial charge in [0.1, 0.15) is 0 Å². The van der Waals surface area contributed by atoms with Crippen molar-refractivity contribution < 1.29 is 4.79 Å². The van der Waals surface area contributed by atoms with Crippen molar-refractivity contribution in [2.45, 2.75) is 6.54 Å². The molecule has 0 atom stereocenters. The average Bonchev–Trinajstić information content (AvgIpc) is 3.10. The zero-order valence-electron chi connectivity index (χ0n) is 13.3. The predicted octanol–water partition coefficient (Wildman–Crippen LogP) is 2.82. The number of carbonyl (C=O) groups excluding carboxylic acids is 1. The molecule has 6 nitrogen and oxygen atoms in total. The Morgan fingerprint density at radius 3 is 2.72 bits per heavy atom. The van der Waals surface area contributed by atoms with E-state index in [0.29, 0.717) is 29.8 Å². The van der Waals surface area contributed by atoms with Crippen LogP contribution in [0.25, 0.3) is 17.7 Å². The fourth-order valence-electron chi connectivity index (χ4n) is 2.24. The molecule has 0 saturated carbocycles. The summed E-state index contributed by atoms with van der Waals surface area (Å²) >= 11 is 6.05. The molecule has 3 rings (SSSR count). The van der Waals surface area contributed by atoms with Gasteiger partial charge < -0.3 is 9.88 Å². The van der Waals surface area contributed by atoms with Gasteiger partial charge in [-0.1, -0.05) is 29.8 Å². The highest BCUT2D eigenvalue weighted by Crippen LogP contribution is 2.16. The highest BCUT2D eigenvalue weighted by atomic mass is 35.5. The molecule has 7 heteroatoms. The smallest absolute Gasteiger partial charge is 0.244 e. The van der Waals surface area contributed by atoms with Crippen LogP contribution in [0, 0.1) is 0 Å². The van der Waals surface area contributed by atoms with Crippen molar-refractivity contribution >= 4 is 23.6 Å². The van der Waals surface area contributed by atoms with Gasteiger partial charge in [0.2, 0.25) is 5.91 Å². The molecule has 0 unspecified atom stereocenters. The lowest BCUT2D eigenvalue weighted by atomic mass is 10.2. The van der Waals surface area contributed by atoms with Crippen LogP contribution in [0.3, 0.4) is 0 Å². The summed E-state index contributed by atoms with van der Waals surface area (Å²) < 4.78 is 1.90. The quantitative estimate of drug-likeness (QED) is 0.692. The van der Waals surface area contributed by atoms with E-state index >= 15 is 0 Å². The first-order valence-corrected chi connectivity index (χ1v) is 8.11. The second kappa shape index (κ2) is 8.21. The molecule has 0 saturated heterocycles. The van der Waals surface area contributed by atoms with Gasteiger partial charge in [0.25, 0.3) is 0 Å². The molecule has 0 radical (unpaired) electrons. The van der Waals surface area contributed by atoms with Gasteiger partial charge >= 0.3 is 0 Å². The van der Waals surface area contributed by atoms with Gasteiger partial charge in [-0.2, -0.15) is 0 Å². The van der Waals surface area contributed by atoms with Crippen molar-refractivity contribution in [1.29, 1.82) is 0 Å². The van der Waals surface area contributed by atoms with E-state index in [4.69, 9.17) is 11.6 Å². The molecule has 0 aliphatic carbocycles. The number of nitrogens with one attached hydrogen (secondary N) is 1. The predicted molar refractivity (Wildman–Crippen MR) is 96.7 cm³/mol. The number of imidazole rings is 1. The fourth-order valence-corrected chi connectivity index (χ4v) is 2.44. The molecule has 2 heterocycles. The normalized spacial score (nSPS) is 10.9. The van der Waals surface area contributed by atoms with Crippen molar-refractivity contribution in [2.24, 2.45) is 0 Å². The van der Waals surface area contributed by atoms with Gasteiger partial charge in [0.05, 0.1) is 0 Å². The van der Waals surface area contributed by atoms with Gasteiger partial charge in [-0.15, -0.1) is 0 Å². The lowest BCUT2D eigenvalue weighted by Gasteiger charge is -2.07. The molecule has 1 aromatic carbocycles. The Morgan fingerprint density at radius 2 is 1.92 bits per heavy atom. The van der Waals surface area contributed by atoms with E-state index in [2.05, 4.69) is 20.3 Å². The number of rotatable bonds is 6. The van der Waals surface area contributed by atoms with Crippen LogP contribution >= 0.6 is 11.6 Å². The van der Waals surface area contributed by atoms with Gasteiger partial charge in [-0.05, 0) is 23.8 Å². The first-order valence-electron chi connectivity index (χ1n) is 7.73. The fraction of sp³-hybridized carbons (Fsp3) is 0.111. The Bertz CT molecular complexity index is 876. The number of benzene rings is 1. The minimum Gasteiger partial charge on any atom is -0.351 e. The minimum atomic E-state index is -0.183. The summed E-state index contributed by atoms with van der Waals surface area (Å²) in [4.78, 5) is 24.6. The highest BCUT2D eigenvalue weighted by molar-refractivity contribution is 6.32. The van der Waals surface area contributed by atoms with Crippen LogP contribution in [0.15, 0.2) is 61.2 Å². The molecule has 126 valence electrons. The molecular weight excluding hydrogens is 338 g/mol. The Kier molecular flexibility index (Phi) is 5.53. The van der Waals surface area contributed by atoms with Gasteiger partial charge in [0.15, 0.2) is 11.6 Å². The maximum Gasteiger partial charge on any atom is 0.244 e. The van der Waals surface area contributed by atoms with Crippen molar-refractivity contribution in [2.75, 3.05) is 6.54 Å². The lowest BCUT2D eigenvalue weighted by molar-refractivity contribution is -0.116. The zero-order valence-corrected chi connectivity index (χ0v) is 14.1. The first-order chi connectivity index (χ1) is 12.2. The first kappa shape index (κ1) is 16.9. The summed E-state index contributed by atoms with van der Waals surface area (Å²) in [5.74, 6) is 1.04. The van der Waals surface area contributed by atoms with Crippen LogP contribution in [0.1, 0.15) is 5.56 Å². The third-order valence-electron chi connectivity index (χ3n) is 3.45. The molecule has 0 fully saturated rings. The molecule has 0 bridgehead atoms. The van der Waals surface area contributed by atoms with Crippen LogP contribution in [0.4, 0.5) is 0 Å². The topological polar surface area (TPSA) is 72.7 Å². The second-order valence-electron chi connectivity index (χ2n) is 5.16. The minimum absolute atomic E-state index is 0.183.